The molecule has 2 unspecified atom stereocenters. The van der Waals surface area contributed by atoms with Gasteiger partial charge in [-0.05, 0) is 65.5 Å². The second kappa shape index (κ2) is 18.2. The maximum Gasteiger partial charge on any atom is 2.00 e. The quantitative estimate of drug-likeness (QED) is 0.349. The summed E-state index contributed by atoms with van der Waals surface area (Å²) in [5.41, 5.74) is 8.76. The SMILES string of the molecule is CC1=NCCCN=C(C)C(=C(C)NC(C)c2ccccc2)C=NCCCN=CC1=C(C)NC(C)c1ccccc1.[Ni+2]. The van der Waals surface area contributed by atoms with Crippen LogP contribution in [0.25, 0.3) is 0 Å². The smallest absolute Gasteiger partial charge is 0.381 e. The van der Waals surface area contributed by atoms with E-state index in [1.54, 1.807) is 0 Å². The van der Waals surface area contributed by atoms with Crippen LogP contribution in [-0.4, -0.2) is 50.0 Å². The minimum atomic E-state index is 0. The van der Waals surface area contributed by atoms with Crippen molar-refractivity contribution in [3.05, 3.63) is 94.3 Å². The Morgan fingerprint density at radius 1 is 0.610 bits per heavy atom. The molecule has 2 atom stereocenters. The average Bonchev–Trinajstić information content (AvgIpc) is 2.96. The Bertz CT molecular complexity index is 1160. The van der Waals surface area contributed by atoms with Crippen LogP contribution >= 0.6 is 0 Å². The Morgan fingerprint density at radius 2 is 0.976 bits per heavy atom. The van der Waals surface area contributed by atoms with E-state index in [4.69, 9.17) is 20.0 Å². The van der Waals surface area contributed by atoms with Crippen LogP contribution in [0.4, 0.5) is 0 Å². The van der Waals surface area contributed by atoms with Crippen molar-refractivity contribution in [3.63, 3.8) is 0 Å². The molecule has 3 rings (SSSR count). The van der Waals surface area contributed by atoms with Crippen LogP contribution in [0.2, 0.25) is 0 Å². The fourth-order valence-electron chi connectivity index (χ4n) is 4.68. The number of aliphatic imine (C=N–C) groups is 4. The maximum absolute atomic E-state index is 4.90. The van der Waals surface area contributed by atoms with Gasteiger partial charge in [0.15, 0.2) is 0 Å². The topological polar surface area (TPSA) is 73.5 Å². The first-order valence-corrected chi connectivity index (χ1v) is 14.4. The molecule has 0 aliphatic carbocycles. The molecule has 1 aliphatic rings. The molecule has 2 aromatic rings. The number of hydrogen-bond acceptors (Lipinski definition) is 6. The molecule has 0 aromatic heterocycles. The summed E-state index contributed by atoms with van der Waals surface area (Å²) in [6.45, 7) is 15.6. The number of nitrogens with one attached hydrogen (secondary N) is 2. The van der Waals surface area contributed by atoms with Crippen molar-refractivity contribution in [2.24, 2.45) is 20.0 Å². The van der Waals surface area contributed by atoms with Crippen LogP contribution in [0, 0.1) is 0 Å². The van der Waals surface area contributed by atoms with Gasteiger partial charge in [0.25, 0.3) is 0 Å². The predicted octanol–water partition coefficient (Wildman–Crippen LogP) is 7.09. The normalized spacial score (nSPS) is 19.2. The van der Waals surface area contributed by atoms with Crippen LogP contribution in [0.1, 0.15) is 77.6 Å². The number of nitrogens with zero attached hydrogens (tertiary/aromatic N) is 4. The Balaban J connectivity index is 0.00000588. The monoisotopic (exact) mass is 596 g/mol. The molecule has 220 valence electrons. The van der Waals surface area contributed by atoms with E-state index in [-0.39, 0.29) is 28.6 Å². The van der Waals surface area contributed by atoms with Crippen LogP contribution in [0.5, 0.6) is 0 Å². The predicted molar refractivity (Wildman–Crippen MR) is 173 cm³/mol. The standard InChI is InChI=1S/C34H46N6.Ni/c1-25(31-15-9-7-10-16-31)39-29(5)33-23-35-19-13-20-36-24-34(28(4)38-22-14-21-37-27(33)3)30(6)40-26(2)32-17-11-8-12-18-32;/h7-12,15-18,23-26,39-40H,13-14,19-22H2,1-6H3;/q;+2. The molecule has 0 bridgehead atoms. The minimum absolute atomic E-state index is 0. The molecule has 1 aliphatic heterocycles. The van der Waals surface area contributed by atoms with Gasteiger partial charge in [-0.1, -0.05) is 60.7 Å². The zero-order valence-electron chi connectivity index (χ0n) is 25.4. The van der Waals surface area contributed by atoms with E-state index in [9.17, 15) is 0 Å². The molecule has 0 amide bonds. The first-order valence-electron chi connectivity index (χ1n) is 14.4. The van der Waals surface area contributed by atoms with Crippen molar-refractivity contribution in [1.29, 1.82) is 0 Å². The third-order valence-corrected chi connectivity index (χ3v) is 7.08. The third kappa shape index (κ3) is 11.2. The van der Waals surface area contributed by atoms with Crippen molar-refractivity contribution in [2.75, 3.05) is 26.2 Å². The van der Waals surface area contributed by atoms with E-state index in [2.05, 4.69) is 101 Å². The summed E-state index contributed by atoms with van der Waals surface area (Å²) in [5, 5.41) is 7.29. The summed E-state index contributed by atoms with van der Waals surface area (Å²) >= 11 is 0. The van der Waals surface area contributed by atoms with Crippen molar-refractivity contribution < 1.29 is 16.5 Å². The molecule has 6 nitrogen and oxygen atoms in total. The molecular weight excluding hydrogens is 551 g/mol. The Kier molecular flexibility index (Phi) is 15.0. The zero-order valence-corrected chi connectivity index (χ0v) is 26.4. The molecule has 41 heavy (non-hydrogen) atoms. The average molecular weight is 597 g/mol. The van der Waals surface area contributed by atoms with Crippen molar-refractivity contribution in [2.45, 2.75) is 66.5 Å². The molecule has 0 saturated carbocycles. The zero-order chi connectivity index (χ0) is 28.7. The van der Waals surface area contributed by atoms with E-state index in [1.807, 2.05) is 24.6 Å². The summed E-state index contributed by atoms with van der Waals surface area (Å²) in [6.07, 6.45) is 5.70. The van der Waals surface area contributed by atoms with Crippen LogP contribution in [-0.2, 0) is 16.5 Å². The first-order chi connectivity index (χ1) is 19.4. The van der Waals surface area contributed by atoms with Crippen LogP contribution in [0.15, 0.2) is 103 Å². The van der Waals surface area contributed by atoms with Crippen molar-refractivity contribution in [1.82, 2.24) is 10.6 Å². The largest absolute Gasteiger partial charge is 2.00 e. The molecule has 0 spiro atoms. The van der Waals surface area contributed by atoms with Crippen molar-refractivity contribution >= 4 is 23.9 Å². The number of rotatable bonds is 6. The molecule has 1 heterocycles. The van der Waals surface area contributed by atoms with Gasteiger partial charge >= 0.3 is 16.5 Å². The second-order valence-electron chi connectivity index (χ2n) is 10.3. The van der Waals surface area contributed by atoms with E-state index >= 15 is 0 Å². The van der Waals surface area contributed by atoms with Gasteiger partial charge in [0.05, 0.1) is 0 Å². The van der Waals surface area contributed by atoms with Gasteiger partial charge in [-0.2, -0.15) is 0 Å². The van der Waals surface area contributed by atoms with E-state index in [0.717, 1.165) is 59.9 Å². The van der Waals surface area contributed by atoms with Gasteiger partial charge in [-0.15, -0.1) is 0 Å². The van der Waals surface area contributed by atoms with Crippen molar-refractivity contribution in [3.8, 4) is 0 Å². The van der Waals surface area contributed by atoms with E-state index < -0.39 is 0 Å². The van der Waals surface area contributed by atoms with Gasteiger partial charge in [0, 0.05) is 84.7 Å². The molecule has 2 aromatic carbocycles. The molecule has 2 N–H and O–H groups in total. The number of hydrogen-bond donors (Lipinski definition) is 2. The summed E-state index contributed by atoms with van der Waals surface area (Å²) in [6, 6.07) is 21.4. The molecule has 0 radical (unpaired) electrons. The van der Waals surface area contributed by atoms with Gasteiger partial charge < -0.3 is 10.6 Å². The minimum Gasteiger partial charge on any atom is -0.381 e. The molecule has 0 saturated heterocycles. The Morgan fingerprint density at radius 3 is 1.37 bits per heavy atom. The Hall–Kier alpha value is -3.31. The number of benzene rings is 2. The third-order valence-electron chi connectivity index (χ3n) is 7.08. The van der Waals surface area contributed by atoms with E-state index in [0.29, 0.717) is 13.1 Å². The fourth-order valence-corrected chi connectivity index (χ4v) is 4.68. The first kappa shape index (κ1) is 33.9. The molecular formula is C34H46N6Ni+2. The molecule has 7 heteroatoms. The van der Waals surface area contributed by atoms with Crippen LogP contribution < -0.4 is 10.6 Å². The second-order valence-corrected chi connectivity index (χ2v) is 10.3. The maximum atomic E-state index is 4.90. The van der Waals surface area contributed by atoms with Crippen LogP contribution in [0.3, 0.4) is 0 Å². The van der Waals surface area contributed by atoms with Gasteiger partial charge in [-0.25, -0.2) is 0 Å². The summed E-state index contributed by atoms with van der Waals surface area (Å²) in [4.78, 5) is 19.3. The van der Waals surface area contributed by atoms with Gasteiger partial charge in [0.1, 0.15) is 0 Å². The van der Waals surface area contributed by atoms with Gasteiger partial charge in [-0.3, -0.25) is 20.0 Å². The van der Waals surface area contributed by atoms with Gasteiger partial charge in [0.2, 0.25) is 0 Å². The molecule has 0 fully saturated rings. The fraction of sp³-hybridized carbons (Fsp3) is 0.412. The summed E-state index contributed by atoms with van der Waals surface area (Å²) in [7, 11) is 0. The Labute approximate surface area is 257 Å². The number of allylic oxidation sites excluding steroid dienone is 4. The van der Waals surface area contributed by atoms with E-state index in [1.165, 1.54) is 11.1 Å². The summed E-state index contributed by atoms with van der Waals surface area (Å²) < 4.78 is 0. The summed E-state index contributed by atoms with van der Waals surface area (Å²) in [5.74, 6) is 0.